The fourth-order valence-electron chi connectivity index (χ4n) is 2.48. The maximum Gasteiger partial charge on any atom is 0.261 e. The topological polar surface area (TPSA) is 80.3 Å². The molecule has 0 aliphatic rings. The van der Waals surface area contributed by atoms with Crippen LogP contribution in [0.1, 0.15) is 17.3 Å². The van der Waals surface area contributed by atoms with Crippen LogP contribution < -0.4 is 15.4 Å². The van der Waals surface area contributed by atoms with Gasteiger partial charge in [-0.3, -0.25) is 14.9 Å². The van der Waals surface area contributed by atoms with Gasteiger partial charge in [-0.15, -0.1) is 11.3 Å². The van der Waals surface area contributed by atoms with E-state index in [0.29, 0.717) is 27.3 Å². The first kappa shape index (κ1) is 19.8. The van der Waals surface area contributed by atoms with Crippen molar-refractivity contribution in [2.75, 3.05) is 17.7 Å². The summed E-state index contributed by atoms with van der Waals surface area (Å²) < 4.78 is 19.5. The third-order valence-electron chi connectivity index (χ3n) is 3.70. The zero-order valence-electron chi connectivity index (χ0n) is 14.9. The Bertz CT molecular complexity index is 1050. The van der Waals surface area contributed by atoms with Gasteiger partial charge in [0.2, 0.25) is 5.91 Å². The molecule has 1 aromatic heterocycles. The number of hydrogen-bond acceptors (Lipinski definition) is 5. The van der Waals surface area contributed by atoms with Gasteiger partial charge < -0.3 is 10.1 Å². The smallest absolute Gasteiger partial charge is 0.261 e. The Morgan fingerprint density at radius 2 is 1.96 bits per heavy atom. The molecule has 0 unspecified atom stereocenters. The third-order valence-corrected chi connectivity index (χ3v) is 4.69. The summed E-state index contributed by atoms with van der Waals surface area (Å²) in [6.45, 7) is 1.34. The average Bonchev–Trinajstić information content (AvgIpc) is 3.09. The molecular weight excluding hydrogens is 405 g/mol. The highest BCUT2D eigenvalue weighted by molar-refractivity contribution is 7.14. The number of amides is 2. The Hall–Kier alpha value is -2.97. The van der Waals surface area contributed by atoms with Crippen molar-refractivity contribution in [3.63, 3.8) is 0 Å². The van der Waals surface area contributed by atoms with Gasteiger partial charge in [0.05, 0.1) is 18.4 Å². The number of hydrogen-bond donors (Lipinski definition) is 2. The SMILES string of the molecule is COc1ccc(Cl)cc1C(=O)Nc1nc(-c2ccc(NC(C)=O)cc2F)cs1. The van der Waals surface area contributed by atoms with Crippen molar-refractivity contribution in [3.8, 4) is 17.0 Å². The molecule has 0 radical (unpaired) electrons. The minimum atomic E-state index is -0.536. The molecule has 2 N–H and O–H groups in total. The van der Waals surface area contributed by atoms with E-state index in [2.05, 4.69) is 15.6 Å². The fourth-order valence-corrected chi connectivity index (χ4v) is 3.36. The molecule has 144 valence electrons. The van der Waals surface area contributed by atoms with E-state index in [-0.39, 0.29) is 17.0 Å². The summed E-state index contributed by atoms with van der Waals surface area (Å²) in [6, 6.07) is 9.01. The number of carbonyl (C=O) groups is 2. The zero-order valence-corrected chi connectivity index (χ0v) is 16.5. The number of halogens is 2. The van der Waals surface area contributed by atoms with Gasteiger partial charge in [0.15, 0.2) is 5.13 Å². The lowest BCUT2D eigenvalue weighted by Gasteiger charge is -2.08. The van der Waals surface area contributed by atoms with Crippen LogP contribution in [0.2, 0.25) is 5.02 Å². The molecule has 9 heteroatoms. The third kappa shape index (κ3) is 4.47. The first-order valence-corrected chi connectivity index (χ1v) is 9.31. The van der Waals surface area contributed by atoms with Crippen molar-refractivity contribution in [2.45, 2.75) is 6.92 Å². The minimum Gasteiger partial charge on any atom is -0.496 e. The highest BCUT2D eigenvalue weighted by Gasteiger charge is 2.16. The van der Waals surface area contributed by atoms with Gasteiger partial charge in [-0.1, -0.05) is 11.6 Å². The minimum absolute atomic E-state index is 0.256. The number of nitrogens with one attached hydrogen (secondary N) is 2. The molecule has 0 spiro atoms. The van der Waals surface area contributed by atoms with E-state index in [9.17, 15) is 14.0 Å². The number of rotatable bonds is 5. The first-order valence-electron chi connectivity index (χ1n) is 8.05. The summed E-state index contributed by atoms with van der Waals surface area (Å²) in [4.78, 5) is 27.8. The van der Waals surface area contributed by atoms with Crippen molar-refractivity contribution in [3.05, 3.63) is 58.2 Å². The molecule has 3 rings (SSSR count). The number of nitrogens with zero attached hydrogens (tertiary/aromatic N) is 1. The van der Waals surface area contributed by atoms with Crippen molar-refractivity contribution in [1.29, 1.82) is 0 Å². The Labute approximate surface area is 169 Å². The van der Waals surface area contributed by atoms with Crippen LogP contribution in [0.3, 0.4) is 0 Å². The zero-order chi connectivity index (χ0) is 20.3. The second-order valence-corrected chi connectivity index (χ2v) is 7.01. The maximum absolute atomic E-state index is 14.4. The van der Waals surface area contributed by atoms with E-state index < -0.39 is 11.7 Å². The summed E-state index contributed by atoms with van der Waals surface area (Å²) in [5.74, 6) is -0.895. The van der Waals surface area contributed by atoms with Crippen LogP contribution in [0.15, 0.2) is 41.8 Å². The molecule has 0 aliphatic heterocycles. The molecule has 0 fully saturated rings. The number of thiazole rings is 1. The highest BCUT2D eigenvalue weighted by atomic mass is 35.5. The molecule has 0 atom stereocenters. The van der Waals surface area contributed by atoms with Crippen molar-refractivity contribution in [2.24, 2.45) is 0 Å². The van der Waals surface area contributed by atoms with Crippen LogP contribution in [-0.2, 0) is 4.79 Å². The fraction of sp³-hybridized carbons (Fsp3) is 0.105. The quantitative estimate of drug-likeness (QED) is 0.621. The summed E-state index contributed by atoms with van der Waals surface area (Å²) >= 11 is 7.11. The van der Waals surface area contributed by atoms with Crippen LogP contribution in [0, 0.1) is 5.82 Å². The van der Waals surface area contributed by atoms with E-state index in [1.54, 1.807) is 23.6 Å². The number of carbonyl (C=O) groups excluding carboxylic acids is 2. The Morgan fingerprint density at radius 1 is 1.18 bits per heavy atom. The lowest BCUT2D eigenvalue weighted by molar-refractivity contribution is -0.114. The van der Waals surface area contributed by atoms with Gasteiger partial charge in [-0.2, -0.15) is 0 Å². The van der Waals surface area contributed by atoms with Gasteiger partial charge >= 0.3 is 0 Å². The maximum atomic E-state index is 14.4. The Kier molecular flexibility index (Phi) is 5.91. The molecule has 1 heterocycles. The second kappa shape index (κ2) is 8.37. The standard InChI is InChI=1S/C19H15ClFN3O3S/c1-10(25)22-12-4-5-13(15(21)8-12)16-9-28-19(23-16)24-18(26)14-7-11(20)3-6-17(14)27-2/h3-9H,1-2H3,(H,22,25)(H,23,24,26). The molecule has 0 bridgehead atoms. The largest absolute Gasteiger partial charge is 0.496 e. The van der Waals surface area contributed by atoms with Crippen LogP contribution in [0.25, 0.3) is 11.3 Å². The van der Waals surface area contributed by atoms with Crippen LogP contribution in [0.5, 0.6) is 5.75 Å². The van der Waals surface area contributed by atoms with Gasteiger partial charge in [0, 0.05) is 28.6 Å². The van der Waals surface area contributed by atoms with Crippen molar-refractivity contribution >= 4 is 45.6 Å². The van der Waals surface area contributed by atoms with Gasteiger partial charge in [-0.25, -0.2) is 9.37 Å². The molecule has 0 aliphatic carbocycles. The predicted molar refractivity (Wildman–Crippen MR) is 108 cm³/mol. The molecule has 3 aromatic rings. The normalized spacial score (nSPS) is 10.4. The van der Waals surface area contributed by atoms with E-state index in [0.717, 1.165) is 11.3 Å². The predicted octanol–water partition coefficient (Wildman–Crippen LogP) is 4.82. The van der Waals surface area contributed by atoms with Crippen molar-refractivity contribution < 1.29 is 18.7 Å². The van der Waals surface area contributed by atoms with Gasteiger partial charge in [0.1, 0.15) is 11.6 Å². The van der Waals surface area contributed by atoms with Gasteiger partial charge in [-0.05, 0) is 36.4 Å². The number of methoxy groups -OCH3 is 1. The van der Waals surface area contributed by atoms with E-state index in [4.69, 9.17) is 16.3 Å². The van der Waals surface area contributed by atoms with Crippen molar-refractivity contribution in [1.82, 2.24) is 4.98 Å². The monoisotopic (exact) mass is 419 g/mol. The number of anilines is 2. The second-order valence-electron chi connectivity index (χ2n) is 5.71. The first-order chi connectivity index (χ1) is 13.4. The van der Waals surface area contributed by atoms with E-state index >= 15 is 0 Å². The Balaban J connectivity index is 1.80. The molecule has 2 amide bonds. The number of aromatic nitrogens is 1. The van der Waals surface area contributed by atoms with E-state index in [1.165, 1.54) is 32.2 Å². The van der Waals surface area contributed by atoms with Crippen LogP contribution in [-0.4, -0.2) is 23.9 Å². The number of ether oxygens (including phenoxy) is 1. The highest BCUT2D eigenvalue weighted by Crippen LogP contribution is 2.30. The van der Waals surface area contributed by atoms with E-state index in [1.807, 2.05) is 0 Å². The average molecular weight is 420 g/mol. The molecular formula is C19H15ClFN3O3S. The van der Waals surface area contributed by atoms with Crippen LogP contribution >= 0.6 is 22.9 Å². The number of benzene rings is 2. The summed E-state index contributed by atoms with van der Waals surface area (Å²) in [5.41, 5.74) is 1.24. The molecule has 6 nitrogen and oxygen atoms in total. The lowest BCUT2D eigenvalue weighted by atomic mass is 10.1. The summed E-state index contributed by atoms with van der Waals surface area (Å²) in [5, 5.41) is 7.49. The lowest BCUT2D eigenvalue weighted by Crippen LogP contribution is -2.13. The van der Waals surface area contributed by atoms with Gasteiger partial charge in [0.25, 0.3) is 5.91 Å². The molecule has 0 saturated heterocycles. The van der Waals surface area contributed by atoms with Crippen LogP contribution in [0.4, 0.5) is 15.2 Å². The molecule has 0 saturated carbocycles. The molecule has 28 heavy (non-hydrogen) atoms. The summed E-state index contributed by atoms with van der Waals surface area (Å²) in [6.07, 6.45) is 0. The summed E-state index contributed by atoms with van der Waals surface area (Å²) in [7, 11) is 1.45. The Morgan fingerprint density at radius 3 is 2.64 bits per heavy atom. The molecule has 2 aromatic carbocycles.